The molecule has 0 fully saturated rings. The zero-order valence-corrected chi connectivity index (χ0v) is 15.1. The van der Waals surface area contributed by atoms with Crippen LogP contribution in [-0.4, -0.2) is 59.0 Å². The third-order valence-electron chi connectivity index (χ3n) is 3.85. The number of amides is 2. The number of benzene rings is 1. The summed E-state index contributed by atoms with van der Waals surface area (Å²) in [7, 11) is 0. The van der Waals surface area contributed by atoms with Gasteiger partial charge in [-0.1, -0.05) is 24.3 Å². The van der Waals surface area contributed by atoms with Gasteiger partial charge in [0.15, 0.2) is 5.78 Å². The van der Waals surface area contributed by atoms with E-state index in [-0.39, 0.29) is 38.2 Å². The summed E-state index contributed by atoms with van der Waals surface area (Å²) in [6.07, 6.45) is -0.172. The Bertz CT molecular complexity index is 674. The fraction of sp³-hybridized carbons (Fsp3) is 0.444. The molecular formula is C18H25N3O6. The van der Waals surface area contributed by atoms with E-state index in [0.717, 1.165) is 0 Å². The summed E-state index contributed by atoms with van der Waals surface area (Å²) < 4.78 is 0. The average Bonchev–Trinajstić information content (AvgIpc) is 2.63. The van der Waals surface area contributed by atoms with Crippen LogP contribution in [0.1, 0.15) is 35.7 Å². The molecule has 9 nitrogen and oxygen atoms in total. The van der Waals surface area contributed by atoms with Gasteiger partial charge in [-0.15, -0.1) is 0 Å². The summed E-state index contributed by atoms with van der Waals surface area (Å²) in [6, 6.07) is 4.60. The van der Waals surface area contributed by atoms with Crippen molar-refractivity contribution < 1.29 is 29.4 Å². The SMILES string of the molecule is CC(=O)c1ccc(C[C@H](NC(=O)[C@H](N)CCC(=O)O)C(=O)NCCO)cc1. The summed E-state index contributed by atoms with van der Waals surface area (Å²) in [5.41, 5.74) is 6.92. The highest BCUT2D eigenvalue weighted by Gasteiger charge is 2.24. The van der Waals surface area contributed by atoms with Gasteiger partial charge < -0.3 is 26.6 Å². The summed E-state index contributed by atoms with van der Waals surface area (Å²) in [6.45, 7) is 1.22. The second-order valence-electron chi connectivity index (χ2n) is 6.07. The van der Waals surface area contributed by atoms with Gasteiger partial charge in [-0.3, -0.25) is 19.2 Å². The maximum absolute atomic E-state index is 12.3. The molecule has 9 heteroatoms. The Morgan fingerprint density at radius 2 is 1.74 bits per heavy atom. The second kappa shape index (κ2) is 11.0. The monoisotopic (exact) mass is 379 g/mol. The molecule has 0 spiro atoms. The van der Waals surface area contributed by atoms with Crippen LogP contribution in [0.3, 0.4) is 0 Å². The van der Waals surface area contributed by atoms with Crippen LogP contribution in [0.5, 0.6) is 0 Å². The Morgan fingerprint density at radius 1 is 1.11 bits per heavy atom. The number of aliphatic hydroxyl groups is 1. The zero-order valence-electron chi connectivity index (χ0n) is 15.1. The van der Waals surface area contributed by atoms with Crippen molar-refractivity contribution in [3.05, 3.63) is 35.4 Å². The Hall–Kier alpha value is -2.78. The van der Waals surface area contributed by atoms with Crippen LogP contribution in [0.2, 0.25) is 0 Å². The lowest BCUT2D eigenvalue weighted by Gasteiger charge is -2.20. The molecule has 6 N–H and O–H groups in total. The van der Waals surface area contributed by atoms with E-state index in [9.17, 15) is 19.2 Å². The van der Waals surface area contributed by atoms with Crippen molar-refractivity contribution in [2.75, 3.05) is 13.2 Å². The first kappa shape index (κ1) is 22.3. The molecule has 0 heterocycles. The minimum absolute atomic E-state index is 0.0273. The van der Waals surface area contributed by atoms with Gasteiger partial charge in [0.25, 0.3) is 0 Å². The zero-order chi connectivity index (χ0) is 20.4. The molecule has 1 aromatic carbocycles. The molecule has 0 radical (unpaired) electrons. The van der Waals surface area contributed by atoms with Crippen LogP contribution >= 0.6 is 0 Å². The number of hydrogen-bond acceptors (Lipinski definition) is 6. The lowest BCUT2D eigenvalue weighted by molar-refractivity contribution is -0.137. The Labute approximate surface area is 156 Å². The van der Waals surface area contributed by atoms with E-state index in [4.69, 9.17) is 15.9 Å². The number of hydrogen-bond donors (Lipinski definition) is 5. The number of carbonyl (C=O) groups is 4. The molecule has 0 saturated heterocycles. The van der Waals surface area contributed by atoms with Crippen LogP contribution in [0.25, 0.3) is 0 Å². The van der Waals surface area contributed by atoms with Crippen molar-refractivity contribution in [2.24, 2.45) is 5.73 Å². The van der Waals surface area contributed by atoms with Gasteiger partial charge in [0.1, 0.15) is 6.04 Å². The summed E-state index contributed by atoms with van der Waals surface area (Å²) >= 11 is 0. The van der Waals surface area contributed by atoms with E-state index >= 15 is 0 Å². The van der Waals surface area contributed by atoms with Crippen LogP contribution in [0.15, 0.2) is 24.3 Å². The minimum Gasteiger partial charge on any atom is -0.481 e. The molecular weight excluding hydrogens is 354 g/mol. The van der Waals surface area contributed by atoms with Crippen molar-refractivity contribution in [3.8, 4) is 0 Å². The van der Waals surface area contributed by atoms with Gasteiger partial charge in [0, 0.05) is 24.9 Å². The van der Waals surface area contributed by atoms with Gasteiger partial charge in [-0.05, 0) is 18.9 Å². The molecule has 1 aromatic rings. The predicted molar refractivity (Wildman–Crippen MR) is 97.0 cm³/mol. The Morgan fingerprint density at radius 3 is 2.26 bits per heavy atom. The molecule has 0 unspecified atom stereocenters. The van der Waals surface area contributed by atoms with Crippen molar-refractivity contribution in [1.82, 2.24) is 10.6 Å². The number of nitrogens with one attached hydrogen (secondary N) is 2. The van der Waals surface area contributed by atoms with Crippen LogP contribution in [0, 0.1) is 0 Å². The van der Waals surface area contributed by atoms with Crippen molar-refractivity contribution >= 4 is 23.6 Å². The first-order chi connectivity index (χ1) is 12.7. The smallest absolute Gasteiger partial charge is 0.303 e. The highest BCUT2D eigenvalue weighted by molar-refractivity contribution is 5.94. The van der Waals surface area contributed by atoms with Crippen molar-refractivity contribution in [3.63, 3.8) is 0 Å². The number of Topliss-reactive ketones (excluding diaryl/α,β-unsaturated/α-hetero) is 1. The first-order valence-corrected chi connectivity index (χ1v) is 8.50. The molecule has 1 rings (SSSR count). The summed E-state index contributed by atoms with van der Waals surface area (Å²) in [5, 5.41) is 22.5. The number of nitrogens with two attached hydrogens (primary N) is 1. The number of aliphatic carboxylic acids is 1. The van der Waals surface area contributed by atoms with E-state index in [1.807, 2.05) is 0 Å². The lowest BCUT2D eigenvalue weighted by atomic mass is 10.0. The number of carboxylic acid groups (broad SMARTS) is 1. The maximum atomic E-state index is 12.3. The van der Waals surface area contributed by atoms with E-state index in [0.29, 0.717) is 11.1 Å². The Kier molecular flexibility index (Phi) is 9.11. The number of rotatable bonds is 11. The summed E-state index contributed by atoms with van der Waals surface area (Å²) in [5.74, 6) is -2.29. The molecule has 2 amide bonds. The van der Waals surface area contributed by atoms with Crippen molar-refractivity contribution in [2.45, 2.75) is 38.3 Å². The molecule has 0 bridgehead atoms. The largest absolute Gasteiger partial charge is 0.481 e. The molecule has 27 heavy (non-hydrogen) atoms. The van der Waals surface area contributed by atoms with E-state index in [1.165, 1.54) is 6.92 Å². The third-order valence-corrected chi connectivity index (χ3v) is 3.85. The highest BCUT2D eigenvalue weighted by atomic mass is 16.4. The third kappa shape index (κ3) is 7.97. The van der Waals surface area contributed by atoms with Crippen LogP contribution in [-0.2, 0) is 20.8 Å². The first-order valence-electron chi connectivity index (χ1n) is 8.50. The van der Waals surface area contributed by atoms with Crippen molar-refractivity contribution in [1.29, 1.82) is 0 Å². The van der Waals surface area contributed by atoms with Crippen LogP contribution in [0.4, 0.5) is 0 Å². The van der Waals surface area contributed by atoms with Crippen LogP contribution < -0.4 is 16.4 Å². The normalized spacial score (nSPS) is 12.7. The molecule has 2 atom stereocenters. The van der Waals surface area contributed by atoms with E-state index < -0.39 is 29.9 Å². The standard InChI is InChI=1S/C18H25N3O6/c1-11(23)13-4-2-12(3-5-13)10-15(18(27)20-8-9-22)21-17(26)14(19)6-7-16(24)25/h2-5,14-15,22H,6-10,19H2,1H3,(H,20,27)(H,21,26)(H,24,25)/t14-,15+/m1/s1. The molecule has 0 aromatic heterocycles. The van der Waals surface area contributed by atoms with E-state index in [2.05, 4.69) is 10.6 Å². The Balaban J connectivity index is 2.82. The fourth-order valence-electron chi connectivity index (χ4n) is 2.31. The predicted octanol–water partition coefficient (Wildman–Crippen LogP) is -0.783. The topological polar surface area (TPSA) is 159 Å². The molecule has 0 aliphatic carbocycles. The van der Waals surface area contributed by atoms with E-state index in [1.54, 1.807) is 24.3 Å². The quantitative estimate of drug-likeness (QED) is 0.315. The number of aliphatic hydroxyl groups excluding tert-OH is 1. The van der Waals surface area contributed by atoms with Gasteiger partial charge >= 0.3 is 5.97 Å². The second-order valence-corrected chi connectivity index (χ2v) is 6.07. The maximum Gasteiger partial charge on any atom is 0.303 e. The van der Waals surface area contributed by atoms with Gasteiger partial charge in [-0.25, -0.2) is 0 Å². The fourth-order valence-corrected chi connectivity index (χ4v) is 2.31. The highest BCUT2D eigenvalue weighted by Crippen LogP contribution is 2.08. The number of carbonyl (C=O) groups excluding carboxylic acids is 3. The average molecular weight is 379 g/mol. The van der Waals surface area contributed by atoms with Gasteiger partial charge in [0.05, 0.1) is 12.6 Å². The summed E-state index contributed by atoms with van der Waals surface area (Å²) in [4.78, 5) is 46.4. The molecule has 0 aliphatic heterocycles. The number of ketones is 1. The molecule has 0 aliphatic rings. The number of carboxylic acids is 1. The van der Waals surface area contributed by atoms with Gasteiger partial charge in [-0.2, -0.15) is 0 Å². The molecule has 148 valence electrons. The molecule has 0 saturated carbocycles. The van der Waals surface area contributed by atoms with Gasteiger partial charge in [0.2, 0.25) is 11.8 Å². The minimum atomic E-state index is -1.07. The lowest BCUT2D eigenvalue weighted by Crippen LogP contribution is -2.52.